The SMILES string of the molecule is CO.NCCNCCC(N)=O. The van der Waals surface area contributed by atoms with E-state index in [9.17, 15) is 4.79 Å². The molecule has 68 valence electrons. The zero-order chi connectivity index (χ0) is 9.11. The van der Waals surface area contributed by atoms with Gasteiger partial charge in [0.25, 0.3) is 0 Å². The second-order valence-electron chi connectivity index (χ2n) is 1.75. The molecule has 0 saturated carbocycles. The fourth-order valence-electron chi connectivity index (χ4n) is 0.439. The number of carbonyl (C=O) groups is 1. The molecule has 0 rings (SSSR count). The third-order valence-electron chi connectivity index (χ3n) is 0.869. The van der Waals surface area contributed by atoms with Gasteiger partial charge in [-0.05, 0) is 0 Å². The predicted molar refractivity (Wildman–Crippen MR) is 43.9 cm³/mol. The predicted octanol–water partition coefficient (Wildman–Crippen LogP) is -1.98. The fraction of sp³-hybridized carbons (Fsp3) is 0.833. The number of nitrogens with one attached hydrogen (secondary N) is 1. The van der Waals surface area contributed by atoms with E-state index in [1.807, 2.05) is 0 Å². The van der Waals surface area contributed by atoms with Gasteiger partial charge in [-0.15, -0.1) is 0 Å². The maximum atomic E-state index is 10.1. The van der Waals surface area contributed by atoms with Crippen molar-refractivity contribution < 1.29 is 9.90 Å². The quantitative estimate of drug-likeness (QED) is 0.353. The van der Waals surface area contributed by atoms with Crippen molar-refractivity contribution in [3.63, 3.8) is 0 Å². The second-order valence-corrected chi connectivity index (χ2v) is 1.75. The minimum Gasteiger partial charge on any atom is -0.400 e. The Bertz CT molecular complexity index is 87.9. The van der Waals surface area contributed by atoms with Crippen LogP contribution in [0, 0.1) is 0 Å². The van der Waals surface area contributed by atoms with Gasteiger partial charge in [-0.2, -0.15) is 0 Å². The Morgan fingerprint density at radius 3 is 2.36 bits per heavy atom. The second kappa shape index (κ2) is 12.1. The molecule has 0 unspecified atom stereocenters. The molecule has 0 radical (unpaired) electrons. The third kappa shape index (κ3) is 17.6. The van der Waals surface area contributed by atoms with Crippen molar-refractivity contribution in [1.29, 1.82) is 0 Å². The van der Waals surface area contributed by atoms with E-state index in [-0.39, 0.29) is 5.91 Å². The Hall–Kier alpha value is -0.650. The number of nitrogens with two attached hydrogens (primary N) is 2. The van der Waals surface area contributed by atoms with Crippen LogP contribution in [0.3, 0.4) is 0 Å². The third-order valence-corrected chi connectivity index (χ3v) is 0.869. The number of hydrogen-bond donors (Lipinski definition) is 4. The Balaban J connectivity index is 0. The molecule has 1 amide bonds. The molecule has 0 aromatic rings. The first kappa shape index (κ1) is 13.0. The molecule has 0 bridgehead atoms. The summed E-state index contributed by atoms with van der Waals surface area (Å²) in [7, 11) is 1.00. The summed E-state index contributed by atoms with van der Waals surface area (Å²) in [4.78, 5) is 10.1. The molecule has 0 aromatic carbocycles. The summed E-state index contributed by atoms with van der Waals surface area (Å²) in [6.07, 6.45) is 0.389. The lowest BCUT2D eigenvalue weighted by Gasteiger charge is -1.97. The van der Waals surface area contributed by atoms with Crippen LogP contribution in [0.4, 0.5) is 0 Å². The maximum Gasteiger partial charge on any atom is 0.218 e. The Kier molecular flexibility index (Phi) is 14.2. The lowest BCUT2D eigenvalue weighted by Crippen LogP contribution is -2.26. The monoisotopic (exact) mass is 163 g/mol. The van der Waals surface area contributed by atoms with Gasteiger partial charge in [-0.3, -0.25) is 4.79 Å². The van der Waals surface area contributed by atoms with Crippen molar-refractivity contribution in [3.05, 3.63) is 0 Å². The molecular formula is C6H17N3O2. The summed E-state index contributed by atoms with van der Waals surface area (Å²) < 4.78 is 0. The van der Waals surface area contributed by atoms with Gasteiger partial charge in [-0.1, -0.05) is 0 Å². The Morgan fingerprint density at radius 1 is 1.45 bits per heavy atom. The van der Waals surface area contributed by atoms with Crippen molar-refractivity contribution >= 4 is 5.91 Å². The number of aliphatic hydroxyl groups excluding tert-OH is 1. The van der Waals surface area contributed by atoms with Crippen LogP contribution in [-0.2, 0) is 4.79 Å². The highest BCUT2D eigenvalue weighted by atomic mass is 16.2. The zero-order valence-electron chi connectivity index (χ0n) is 6.84. The highest BCUT2D eigenvalue weighted by Crippen LogP contribution is 1.69. The molecule has 0 aromatic heterocycles. The van der Waals surface area contributed by atoms with Gasteiger partial charge in [0.05, 0.1) is 0 Å². The first-order valence-corrected chi connectivity index (χ1v) is 3.41. The van der Waals surface area contributed by atoms with E-state index in [4.69, 9.17) is 16.6 Å². The summed E-state index contributed by atoms with van der Waals surface area (Å²) in [5.41, 5.74) is 10.0. The molecule has 0 aliphatic rings. The fourth-order valence-corrected chi connectivity index (χ4v) is 0.439. The largest absolute Gasteiger partial charge is 0.400 e. The average molecular weight is 163 g/mol. The van der Waals surface area contributed by atoms with E-state index in [2.05, 4.69) is 5.32 Å². The summed E-state index contributed by atoms with van der Waals surface area (Å²) in [5, 5.41) is 9.94. The number of amides is 1. The van der Waals surface area contributed by atoms with Gasteiger partial charge in [0, 0.05) is 33.2 Å². The van der Waals surface area contributed by atoms with Gasteiger partial charge in [0.15, 0.2) is 0 Å². The molecule has 0 heterocycles. The van der Waals surface area contributed by atoms with Crippen molar-refractivity contribution in [1.82, 2.24) is 5.32 Å². The lowest BCUT2D eigenvalue weighted by molar-refractivity contribution is -0.117. The van der Waals surface area contributed by atoms with E-state index in [0.29, 0.717) is 19.5 Å². The van der Waals surface area contributed by atoms with E-state index in [0.717, 1.165) is 13.7 Å². The molecule has 0 aliphatic heterocycles. The van der Waals surface area contributed by atoms with Crippen molar-refractivity contribution in [2.45, 2.75) is 6.42 Å². The van der Waals surface area contributed by atoms with Crippen LogP contribution in [0.2, 0.25) is 0 Å². The molecule has 0 aliphatic carbocycles. The Morgan fingerprint density at radius 2 is 2.00 bits per heavy atom. The summed E-state index contributed by atoms with van der Waals surface area (Å²) in [5.74, 6) is -0.278. The number of hydrogen-bond acceptors (Lipinski definition) is 4. The minimum absolute atomic E-state index is 0.278. The van der Waals surface area contributed by atoms with Crippen molar-refractivity contribution in [3.8, 4) is 0 Å². The van der Waals surface area contributed by atoms with Gasteiger partial charge in [-0.25, -0.2) is 0 Å². The van der Waals surface area contributed by atoms with Crippen LogP contribution in [0.25, 0.3) is 0 Å². The molecule has 0 atom stereocenters. The van der Waals surface area contributed by atoms with Crippen LogP contribution >= 0.6 is 0 Å². The molecular weight excluding hydrogens is 146 g/mol. The van der Waals surface area contributed by atoms with E-state index in [1.54, 1.807) is 0 Å². The molecule has 5 nitrogen and oxygen atoms in total. The zero-order valence-corrected chi connectivity index (χ0v) is 6.84. The molecule has 0 spiro atoms. The van der Waals surface area contributed by atoms with Crippen molar-refractivity contribution in [2.24, 2.45) is 11.5 Å². The van der Waals surface area contributed by atoms with Gasteiger partial charge in [0.2, 0.25) is 5.91 Å². The Labute approximate surface area is 66.8 Å². The van der Waals surface area contributed by atoms with Crippen LogP contribution in [-0.4, -0.2) is 37.8 Å². The smallest absolute Gasteiger partial charge is 0.218 e. The molecule has 0 fully saturated rings. The molecule has 0 saturated heterocycles. The van der Waals surface area contributed by atoms with Crippen LogP contribution in [0.1, 0.15) is 6.42 Å². The summed E-state index contributed by atoms with van der Waals surface area (Å²) >= 11 is 0. The lowest BCUT2D eigenvalue weighted by atomic mass is 10.4. The van der Waals surface area contributed by atoms with Crippen LogP contribution < -0.4 is 16.8 Å². The number of primary amides is 1. The van der Waals surface area contributed by atoms with Crippen LogP contribution in [0.15, 0.2) is 0 Å². The summed E-state index contributed by atoms with van der Waals surface area (Å²) in [6.45, 7) is 1.97. The van der Waals surface area contributed by atoms with Gasteiger partial charge < -0.3 is 21.9 Å². The average Bonchev–Trinajstić information content (AvgIpc) is 2.02. The highest BCUT2D eigenvalue weighted by Gasteiger charge is 1.90. The van der Waals surface area contributed by atoms with Crippen molar-refractivity contribution in [2.75, 3.05) is 26.7 Å². The van der Waals surface area contributed by atoms with Gasteiger partial charge in [0.1, 0.15) is 0 Å². The highest BCUT2D eigenvalue weighted by molar-refractivity contribution is 5.73. The minimum atomic E-state index is -0.278. The van der Waals surface area contributed by atoms with E-state index >= 15 is 0 Å². The van der Waals surface area contributed by atoms with Crippen LogP contribution in [0.5, 0.6) is 0 Å². The number of aliphatic hydroxyl groups is 1. The molecule has 6 N–H and O–H groups in total. The molecule has 11 heavy (non-hydrogen) atoms. The number of rotatable bonds is 5. The molecule has 5 heteroatoms. The first-order valence-electron chi connectivity index (χ1n) is 3.41. The van der Waals surface area contributed by atoms with E-state index < -0.39 is 0 Å². The topological polar surface area (TPSA) is 101 Å². The maximum absolute atomic E-state index is 10.1. The van der Waals surface area contributed by atoms with Gasteiger partial charge >= 0.3 is 0 Å². The first-order chi connectivity index (χ1) is 5.27. The normalized spacial score (nSPS) is 8.27. The standard InChI is InChI=1S/C5H13N3O.CH4O/c6-2-4-8-3-1-5(7)9;1-2/h8H,1-4,6H2,(H2,7,9);2H,1H3. The summed E-state index contributed by atoms with van der Waals surface area (Å²) in [6, 6.07) is 0. The van der Waals surface area contributed by atoms with E-state index in [1.165, 1.54) is 0 Å². The number of carbonyl (C=O) groups excluding carboxylic acids is 1.